The van der Waals surface area contributed by atoms with Gasteiger partial charge in [0.15, 0.2) is 0 Å². The molecular formula is C10H10N4O. The smallest absolute Gasteiger partial charge is 0.231 e. The molecule has 2 aromatic heterocycles. The topological polar surface area (TPSA) is 70.7 Å². The first-order valence-corrected chi connectivity index (χ1v) is 4.53. The van der Waals surface area contributed by atoms with Crippen molar-refractivity contribution in [1.29, 1.82) is 0 Å². The predicted octanol–water partition coefficient (Wildman–Crippen LogP) is 0.986. The molecule has 0 aliphatic carbocycles. The molecule has 2 heterocycles. The molecule has 0 radical (unpaired) electrons. The summed E-state index contributed by atoms with van der Waals surface area (Å²) in [6.07, 6.45) is 6.89. The maximum absolute atomic E-state index is 11.5. The number of H-pyrrole nitrogens is 1. The summed E-state index contributed by atoms with van der Waals surface area (Å²) in [5, 5.41) is 2.64. The van der Waals surface area contributed by atoms with Crippen molar-refractivity contribution in [3.8, 4) is 0 Å². The molecule has 5 nitrogen and oxygen atoms in total. The highest BCUT2D eigenvalue weighted by molar-refractivity contribution is 5.90. The van der Waals surface area contributed by atoms with Gasteiger partial charge in [-0.25, -0.2) is 4.98 Å². The summed E-state index contributed by atoms with van der Waals surface area (Å²) in [6.45, 7) is 0. The van der Waals surface area contributed by atoms with E-state index in [-0.39, 0.29) is 5.91 Å². The number of nitrogens with one attached hydrogen (secondary N) is 2. The Morgan fingerprint density at radius 1 is 1.33 bits per heavy atom. The van der Waals surface area contributed by atoms with E-state index in [1.165, 1.54) is 0 Å². The number of amides is 1. The summed E-state index contributed by atoms with van der Waals surface area (Å²) < 4.78 is 0. The highest BCUT2D eigenvalue weighted by atomic mass is 16.1. The van der Waals surface area contributed by atoms with Crippen LogP contribution in [0.3, 0.4) is 0 Å². The minimum Gasteiger partial charge on any atom is -0.331 e. The number of hydrogen-bond donors (Lipinski definition) is 2. The van der Waals surface area contributed by atoms with Crippen LogP contribution in [-0.2, 0) is 11.2 Å². The molecule has 0 aromatic carbocycles. The van der Waals surface area contributed by atoms with Crippen LogP contribution < -0.4 is 5.32 Å². The van der Waals surface area contributed by atoms with Crippen LogP contribution >= 0.6 is 0 Å². The quantitative estimate of drug-likeness (QED) is 0.779. The van der Waals surface area contributed by atoms with E-state index in [9.17, 15) is 4.79 Å². The average molecular weight is 202 g/mol. The van der Waals surface area contributed by atoms with Crippen LogP contribution in [0.15, 0.2) is 36.9 Å². The largest absolute Gasteiger partial charge is 0.331 e. The second-order valence-corrected chi connectivity index (χ2v) is 3.02. The number of rotatable bonds is 3. The van der Waals surface area contributed by atoms with Crippen molar-refractivity contribution in [2.75, 3.05) is 5.32 Å². The van der Waals surface area contributed by atoms with Crippen molar-refractivity contribution in [3.05, 3.63) is 42.5 Å². The zero-order chi connectivity index (χ0) is 10.5. The van der Waals surface area contributed by atoms with E-state index in [1.54, 1.807) is 24.8 Å². The standard InChI is InChI=1S/C10H10N4O/c15-9(14-10-12-5-6-13-10)7-8-1-3-11-4-2-8/h1-6H,7H2,(H2,12,13,14,15). The first-order chi connectivity index (χ1) is 7.34. The van der Waals surface area contributed by atoms with Gasteiger partial charge in [-0.15, -0.1) is 0 Å². The van der Waals surface area contributed by atoms with Gasteiger partial charge in [0.05, 0.1) is 6.42 Å². The van der Waals surface area contributed by atoms with Gasteiger partial charge in [-0.3, -0.25) is 15.1 Å². The first-order valence-electron chi connectivity index (χ1n) is 4.53. The summed E-state index contributed by atoms with van der Waals surface area (Å²) in [6, 6.07) is 3.61. The molecule has 0 bridgehead atoms. The molecule has 0 unspecified atom stereocenters. The van der Waals surface area contributed by atoms with Crippen molar-refractivity contribution in [2.24, 2.45) is 0 Å². The molecule has 0 spiro atoms. The van der Waals surface area contributed by atoms with Crippen molar-refractivity contribution in [1.82, 2.24) is 15.0 Å². The Morgan fingerprint density at radius 2 is 2.13 bits per heavy atom. The Hall–Kier alpha value is -2.17. The molecule has 15 heavy (non-hydrogen) atoms. The van der Waals surface area contributed by atoms with Gasteiger partial charge in [0.25, 0.3) is 0 Å². The molecule has 0 saturated carbocycles. The highest BCUT2D eigenvalue weighted by Gasteiger charge is 2.04. The van der Waals surface area contributed by atoms with Gasteiger partial charge in [-0.2, -0.15) is 0 Å². The van der Waals surface area contributed by atoms with Crippen LogP contribution in [0.4, 0.5) is 5.95 Å². The number of imidazole rings is 1. The van der Waals surface area contributed by atoms with Crippen LogP contribution in [0.5, 0.6) is 0 Å². The molecule has 5 heteroatoms. The lowest BCUT2D eigenvalue weighted by molar-refractivity contribution is -0.115. The molecule has 0 aliphatic rings. The fraction of sp³-hybridized carbons (Fsp3) is 0.100. The first kappa shape index (κ1) is 9.39. The second-order valence-electron chi connectivity index (χ2n) is 3.02. The third-order valence-corrected chi connectivity index (χ3v) is 1.87. The van der Waals surface area contributed by atoms with Gasteiger partial charge in [-0.1, -0.05) is 0 Å². The summed E-state index contributed by atoms with van der Waals surface area (Å²) in [7, 11) is 0. The average Bonchev–Trinajstić information content (AvgIpc) is 2.71. The number of carbonyl (C=O) groups is 1. The van der Waals surface area contributed by atoms with Crippen LogP contribution in [0.2, 0.25) is 0 Å². The van der Waals surface area contributed by atoms with Gasteiger partial charge < -0.3 is 4.98 Å². The third kappa shape index (κ3) is 2.63. The van der Waals surface area contributed by atoms with E-state index in [0.29, 0.717) is 12.4 Å². The van der Waals surface area contributed by atoms with Crippen molar-refractivity contribution < 1.29 is 4.79 Å². The lowest BCUT2D eigenvalue weighted by Gasteiger charge is -2.01. The lowest BCUT2D eigenvalue weighted by Crippen LogP contribution is -2.15. The van der Waals surface area contributed by atoms with Crippen molar-refractivity contribution >= 4 is 11.9 Å². The van der Waals surface area contributed by atoms with Gasteiger partial charge in [-0.05, 0) is 17.7 Å². The van der Waals surface area contributed by atoms with Gasteiger partial charge in [0.1, 0.15) is 0 Å². The van der Waals surface area contributed by atoms with Crippen LogP contribution in [0.25, 0.3) is 0 Å². The van der Waals surface area contributed by atoms with Gasteiger partial charge in [0.2, 0.25) is 11.9 Å². The summed E-state index contributed by atoms with van der Waals surface area (Å²) in [5.74, 6) is 0.366. The molecular weight excluding hydrogens is 192 g/mol. The Morgan fingerprint density at radius 3 is 2.80 bits per heavy atom. The van der Waals surface area contributed by atoms with Gasteiger partial charge in [0, 0.05) is 24.8 Å². The highest BCUT2D eigenvalue weighted by Crippen LogP contribution is 2.00. The van der Waals surface area contributed by atoms with E-state index in [1.807, 2.05) is 12.1 Å². The molecule has 1 amide bonds. The molecule has 2 aromatic rings. The van der Waals surface area contributed by atoms with E-state index < -0.39 is 0 Å². The Kier molecular flexibility index (Phi) is 2.73. The SMILES string of the molecule is O=C(Cc1ccncc1)Nc1ncc[nH]1. The zero-order valence-corrected chi connectivity index (χ0v) is 7.97. The number of hydrogen-bond acceptors (Lipinski definition) is 3. The Balaban J connectivity index is 1.94. The third-order valence-electron chi connectivity index (χ3n) is 1.87. The van der Waals surface area contributed by atoms with Gasteiger partial charge >= 0.3 is 0 Å². The van der Waals surface area contributed by atoms with Crippen LogP contribution in [0.1, 0.15) is 5.56 Å². The normalized spacial score (nSPS) is 9.87. The molecule has 2 N–H and O–H groups in total. The molecule has 76 valence electrons. The Labute approximate surface area is 86.6 Å². The summed E-state index contributed by atoms with van der Waals surface area (Å²) in [5.41, 5.74) is 0.925. The zero-order valence-electron chi connectivity index (χ0n) is 7.97. The van der Waals surface area contributed by atoms with E-state index in [0.717, 1.165) is 5.56 Å². The lowest BCUT2D eigenvalue weighted by atomic mass is 10.2. The second kappa shape index (κ2) is 4.36. The summed E-state index contributed by atoms with van der Waals surface area (Å²) >= 11 is 0. The molecule has 0 aliphatic heterocycles. The minimum atomic E-state index is -0.101. The number of nitrogens with zero attached hydrogens (tertiary/aromatic N) is 2. The van der Waals surface area contributed by atoms with E-state index in [4.69, 9.17) is 0 Å². The molecule has 2 rings (SSSR count). The fourth-order valence-corrected chi connectivity index (χ4v) is 1.20. The molecule has 0 saturated heterocycles. The number of pyridine rings is 1. The van der Waals surface area contributed by atoms with E-state index in [2.05, 4.69) is 20.3 Å². The number of aromatic amines is 1. The minimum absolute atomic E-state index is 0.101. The maximum atomic E-state index is 11.5. The number of carbonyl (C=O) groups excluding carboxylic acids is 1. The van der Waals surface area contributed by atoms with Crippen LogP contribution in [0, 0.1) is 0 Å². The fourth-order valence-electron chi connectivity index (χ4n) is 1.20. The summed E-state index contributed by atoms with van der Waals surface area (Å²) in [4.78, 5) is 22.1. The Bertz CT molecular complexity index is 424. The van der Waals surface area contributed by atoms with Crippen molar-refractivity contribution in [2.45, 2.75) is 6.42 Å². The predicted molar refractivity (Wildman–Crippen MR) is 55.2 cm³/mol. The van der Waals surface area contributed by atoms with E-state index >= 15 is 0 Å². The van der Waals surface area contributed by atoms with Crippen molar-refractivity contribution in [3.63, 3.8) is 0 Å². The monoisotopic (exact) mass is 202 g/mol. The molecule has 0 fully saturated rings. The van der Waals surface area contributed by atoms with Crippen LogP contribution in [-0.4, -0.2) is 20.9 Å². The molecule has 0 atom stereocenters. The number of aromatic nitrogens is 3. The number of anilines is 1. The maximum Gasteiger partial charge on any atom is 0.231 e.